The van der Waals surface area contributed by atoms with Crippen molar-refractivity contribution in [3.05, 3.63) is 0 Å². The van der Waals surface area contributed by atoms with Crippen LogP contribution in [0, 0.1) is 47.3 Å². The van der Waals surface area contributed by atoms with Gasteiger partial charge in [-0.15, -0.1) is 0 Å². The van der Waals surface area contributed by atoms with Gasteiger partial charge in [-0.1, -0.05) is 138 Å². The number of rotatable bonds is 30. The Balaban J connectivity index is 2.03. The number of carbonyl (C=O) groups excluding carboxylic acids is 4. The highest BCUT2D eigenvalue weighted by atomic mass is 16.2. The van der Waals surface area contributed by atoms with Crippen molar-refractivity contribution >= 4 is 23.9 Å². The molecule has 3 fully saturated rings. The molecule has 10 nitrogen and oxygen atoms in total. The average molecular weight is 787 g/mol. The lowest BCUT2D eigenvalue weighted by molar-refractivity contribution is -0.138. The van der Waals surface area contributed by atoms with E-state index < -0.39 is 0 Å². The zero-order chi connectivity index (χ0) is 40.7. The molecule has 0 spiro atoms. The lowest BCUT2D eigenvalue weighted by Crippen LogP contribution is -2.51. The number of hydrogen-bond acceptors (Lipinski definition) is 4. The lowest BCUT2D eigenvalue weighted by Gasteiger charge is -2.50. The monoisotopic (exact) mass is 787 g/mol. The molecule has 2 heterocycles. The maximum Gasteiger partial charge on any atom is 0.317 e. The molecule has 3 aliphatic rings. The number of urea groups is 2. The van der Waals surface area contributed by atoms with E-state index in [-0.39, 0.29) is 47.5 Å². The molecule has 8 unspecified atom stereocenters. The van der Waals surface area contributed by atoms with Crippen LogP contribution in [0.1, 0.15) is 170 Å². The fraction of sp³-hybridized carbons (Fsp3) is 0.913. The minimum Gasteiger partial charge on any atom is -0.354 e. The van der Waals surface area contributed by atoms with Crippen molar-refractivity contribution in [1.82, 2.24) is 31.1 Å². The lowest BCUT2D eigenvalue weighted by atomic mass is 9.54. The van der Waals surface area contributed by atoms with E-state index >= 15 is 0 Å². The van der Waals surface area contributed by atoms with Gasteiger partial charge in [0, 0.05) is 64.2 Å². The topological polar surface area (TPSA) is 123 Å². The van der Waals surface area contributed by atoms with Crippen molar-refractivity contribution in [3.8, 4) is 0 Å². The molecule has 2 saturated heterocycles. The van der Waals surface area contributed by atoms with Crippen LogP contribution in [-0.2, 0) is 9.59 Å². The largest absolute Gasteiger partial charge is 0.354 e. The third-order valence-corrected chi connectivity index (χ3v) is 13.8. The number of nitrogens with one attached hydrogen (secondary N) is 4. The first-order chi connectivity index (χ1) is 27.2. The van der Waals surface area contributed by atoms with Crippen LogP contribution in [-0.4, -0.2) is 86.0 Å². The predicted octanol–water partition coefficient (Wildman–Crippen LogP) is 9.13. The number of carbonyl (C=O) groups is 4. The second-order valence-electron chi connectivity index (χ2n) is 18.0. The van der Waals surface area contributed by atoms with Gasteiger partial charge in [-0.25, -0.2) is 9.59 Å². The van der Waals surface area contributed by atoms with Crippen LogP contribution in [0.3, 0.4) is 0 Å². The molecule has 3 rings (SSSR count). The molecule has 56 heavy (non-hydrogen) atoms. The summed E-state index contributed by atoms with van der Waals surface area (Å²) in [5, 5.41) is 12.5. The second kappa shape index (κ2) is 27.2. The van der Waals surface area contributed by atoms with Crippen LogP contribution in [0.25, 0.3) is 0 Å². The summed E-state index contributed by atoms with van der Waals surface area (Å²) in [4.78, 5) is 57.7. The zero-order valence-electron chi connectivity index (χ0n) is 36.9. The minimum atomic E-state index is -0.164. The summed E-state index contributed by atoms with van der Waals surface area (Å²) in [7, 11) is 0. The van der Waals surface area contributed by atoms with Crippen molar-refractivity contribution in [2.24, 2.45) is 47.3 Å². The first-order valence-electron chi connectivity index (χ1n) is 23.8. The molecule has 2 aliphatic heterocycles. The molecule has 0 aromatic heterocycles. The van der Waals surface area contributed by atoms with Gasteiger partial charge >= 0.3 is 12.1 Å². The van der Waals surface area contributed by atoms with Crippen LogP contribution in [0.4, 0.5) is 9.59 Å². The van der Waals surface area contributed by atoms with Crippen molar-refractivity contribution in [3.63, 3.8) is 0 Å². The molecule has 0 bridgehead atoms. The number of nitrogens with zero attached hydrogens (tertiary/aromatic N) is 2. The van der Waals surface area contributed by atoms with E-state index in [1.807, 2.05) is 0 Å². The van der Waals surface area contributed by atoms with E-state index in [1.165, 1.54) is 57.8 Å². The summed E-state index contributed by atoms with van der Waals surface area (Å²) in [5.74, 6) is 2.40. The van der Waals surface area contributed by atoms with Gasteiger partial charge in [-0.05, 0) is 67.6 Å². The highest BCUT2D eigenvalue weighted by Gasteiger charge is 2.49. The fourth-order valence-electron chi connectivity index (χ4n) is 10.6. The number of hydrogen-bond donors (Lipinski definition) is 4. The molecule has 324 valence electrons. The van der Waals surface area contributed by atoms with Gasteiger partial charge in [0.15, 0.2) is 0 Å². The van der Waals surface area contributed by atoms with E-state index in [0.717, 1.165) is 70.6 Å². The molecule has 1 aliphatic carbocycles. The Morgan fingerprint density at radius 3 is 1.68 bits per heavy atom. The Bertz CT molecular complexity index is 1140. The van der Waals surface area contributed by atoms with E-state index in [4.69, 9.17) is 0 Å². The zero-order valence-corrected chi connectivity index (χ0v) is 36.9. The number of unbranched alkanes of at least 4 members (excludes halogenated alkanes) is 7. The highest BCUT2D eigenvalue weighted by molar-refractivity contribution is 5.81. The van der Waals surface area contributed by atoms with Gasteiger partial charge in [0.25, 0.3) is 0 Å². The van der Waals surface area contributed by atoms with Crippen LogP contribution in [0.5, 0.6) is 0 Å². The summed E-state index contributed by atoms with van der Waals surface area (Å²) in [6, 6.07) is -0.101. The summed E-state index contributed by atoms with van der Waals surface area (Å²) >= 11 is 0. The smallest absolute Gasteiger partial charge is 0.317 e. The maximum atomic E-state index is 14.8. The van der Waals surface area contributed by atoms with Crippen molar-refractivity contribution in [1.29, 1.82) is 0 Å². The van der Waals surface area contributed by atoms with Gasteiger partial charge in [0.1, 0.15) is 0 Å². The van der Waals surface area contributed by atoms with E-state index in [0.29, 0.717) is 76.0 Å². The molecule has 10 heteroatoms. The fourth-order valence-corrected chi connectivity index (χ4v) is 10.6. The summed E-state index contributed by atoms with van der Waals surface area (Å²) in [5.41, 5.74) is 0. The molecule has 0 radical (unpaired) electrons. The van der Waals surface area contributed by atoms with Gasteiger partial charge in [-0.2, -0.15) is 0 Å². The third-order valence-electron chi connectivity index (χ3n) is 13.8. The Morgan fingerprint density at radius 1 is 0.625 bits per heavy atom. The van der Waals surface area contributed by atoms with Crippen LogP contribution < -0.4 is 21.3 Å². The molecule has 1 saturated carbocycles. The third kappa shape index (κ3) is 15.7. The molecule has 0 aromatic carbocycles. The highest BCUT2D eigenvalue weighted by Crippen LogP contribution is 2.52. The van der Waals surface area contributed by atoms with E-state index in [1.54, 1.807) is 9.80 Å². The van der Waals surface area contributed by atoms with Crippen LogP contribution >= 0.6 is 0 Å². The summed E-state index contributed by atoms with van der Waals surface area (Å²) in [6.45, 7) is 18.5. The molecule has 0 aromatic rings. The van der Waals surface area contributed by atoms with Crippen molar-refractivity contribution in [2.45, 2.75) is 170 Å². The van der Waals surface area contributed by atoms with Gasteiger partial charge in [0.2, 0.25) is 11.8 Å². The summed E-state index contributed by atoms with van der Waals surface area (Å²) in [6.07, 6.45) is 22.3. The van der Waals surface area contributed by atoms with Crippen LogP contribution in [0.2, 0.25) is 0 Å². The second-order valence-corrected chi connectivity index (χ2v) is 18.0. The first-order valence-corrected chi connectivity index (χ1v) is 23.8. The maximum absolute atomic E-state index is 14.8. The predicted molar refractivity (Wildman–Crippen MR) is 230 cm³/mol. The normalized spacial score (nSPS) is 23.4. The van der Waals surface area contributed by atoms with E-state index in [9.17, 15) is 19.2 Å². The minimum absolute atomic E-state index is 0.0497. The van der Waals surface area contributed by atoms with Gasteiger partial charge in [-0.3, -0.25) is 9.59 Å². The van der Waals surface area contributed by atoms with Gasteiger partial charge in [0.05, 0.1) is 0 Å². The molecule has 4 N–H and O–H groups in total. The standard InChI is InChI=1S/C46H86N6O4/c1-7-11-14-16-22-40(43(53)47-27-31-51-33-29-49-45(51)55)39-26-25-37(36(6)21-13-9-3)38(24-18-20-35(5)19-10-4)42(39)41(23-17-15-12-8-2)44(54)48-28-32-52-34-30-50-46(52)56/h35-42H,7-34H2,1-6H3,(H,47,53)(H,48,54)(H,49,55)(H,50,56). The quantitative estimate of drug-likeness (QED) is 0.0543. The summed E-state index contributed by atoms with van der Waals surface area (Å²) < 4.78 is 0. The van der Waals surface area contributed by atoms with Gasteiger partial charge < -0.3 is 31.1 Å². The van der Waals surface area contributed by atoms with E-state index in [2.05, 4.69) is 62.8 Å². The van der Waals surface area contributed by atoms with Crippen LogP contribution in [0.15, 0.2) is 0 Å². The number of amides is 6. The Labute approximate surface area is 343 Å². The van der Waals surface area contributed by atoms with Crippen molar-refractivity contribution in [2.75, 3.05) is 52.4 Å². The van der Waals surface area contributed by atoms with Crippen molar-refractivity contribution < 1.29 is 19.2 Å². The average Bonchev–Trinajstić information content (AvgIpc) is 3.80. The Kier molecular flexibility index (Phi) is 23.3. The Hall–Kier alpha value is -2.52. The Morgan fingerprint density at radius 2 is 1.16 bits per heavy atom. The molecular weight excluding hydrogens is 701 g/mol. The molecule has 6 amide bonds. The SMILES string of the molecule is CCCCCCC(C(=O)NCCN1CCNC1=O)C1CCC(C(C)CCCC)C(CCCC(C)CCC)C1C(CCCCCC)C(=O)NCCN1CCNC1=O. The molecule has 8 atom stereocenters. The molecular formula is C46H86N6O4. The first kappa shape index (κ1) is 47.9.